The third kappa shape index (κ3) is 0.800. The van der Waals surface area contributed by atoms with E-state index < -0.39 is 0 Å². The maximum absolute atomic E-state index is 4.13. The lowest BCUT2D eigenvalue weighted by Gasteiger charge is -1.89. The van der Waals surface area contributed by atoms with Crippen LogP contribution in [0.4, 0.5) is 0 Å². The lowest BCUT2D eigenvalue weighted by molar-refractivity contribution is 0.832. The fourth-order valence-electron chi connectivity index (χ4n) is 1.85. The minimum atomic E-state index is 0.388. The summed E-state index contributed by atoms with van der Waals surface area (Å²) in [5.74, 6) is 0.388. The molecule has 0 aliphatic rings. The Morgan fingerprint density at radius 2 is 2.00 bits per heavy atom. The van der Waals surface area contributed by atoms with E-state index in [9.17, 15) is 0 Å². The zero-order chi connectivity index (χ0) is 10.5. The number of nitrogens with one attached hydrogen (secondary N) is 1. The van der Waals surface area contributed by atoms with Crippen LogP contribution in [0, 0.1) is 0 Å². The SMILES string of the molecule is c1ccc2c(c1)[nH]c1c2nnc2nnnn21. The molecule has 0 spiro atoms. The highest BCUT2D eigenvalue weighted by Gasteiger charge is 2.10. The molecule has 3 heterocycles. The van der Waals surface area contributed by atoms with E-state index in [4.69, 9.17) is 0 Å². The van der Waals surface area contributed by atoms with Gasteiger partial charge in [0.25, 0.3) is 5.78 Å². The van der Waals surface area contributed by atoms with Gasteiger partial charge in [0.1, 0.15) is 5.52 Å². The van der Waals surface area contributed by atoms with Crippen molar-refractivity contribution in [2.24, 2.45) is 0 Å². The van der Waals surface area contributed by atoms with Gasteiger partial charge in [-0.25, -0.2) is 0 Å². The summed E-state index contributed by atoms with van der Waals surface area (Å²) in [6.45, 7) is 0. The van der Waals surface area contributed by atoms with Crippen molar-refractivity contribution in [1.82, 2.24) is 35.2 Å². The van der Waals surface area contributed by atoms with Crippen LogP contribution < -0.4 is 0 Å². The number of tetrazole rings is 1. The average molecular weight is 211 g/mol. The minimum Gasteiger partial charge on any atom is -0.338 e. The molecule has 1 N–H and O–H groups in total. The summed E-state index contributed by atoms with van der Waals surface area (Å²) in [6, 6.07) is 7.88. The summed E-state index contributed by atoms with van der Waals surface area (Å²) >= 11 is 0. The molecule has 0 unspecified atom stereocenters. The summed E-state index contributed by atoms with van der Waals surface area (Å²) in [5, 5.41) is 20.3. The van der Waals surface area contributed by atoms with E-state index in [0.717, 1.165) is 22.1 Å². The van der Waals surface area contributed by atoms with Crippen molar-refractivity contribution in [3.63, 3.8) is 0 Å². The molecule has 0 saturated carbocycles. The Morgan fingerprint density at radius 3 is 3.00 bits per heavy atom. The minimum absolute atomic E-state index is 0.388. The van der Waals surface area contributed by atoms with Gasteiger partial charge in [-0.3, -0.25) is 0 Å². The first kappa shape index (κ1) is 7.69. The Hall–Kier alpha value is -2.57. The van der Waals surface area contributed by atoms with Gasteiger partial charge < -0.3 is 4.98 Å². The molecular formula is C9H5N7. The van der Waals surface area contributed by atoms with E-state index >= 15 is 0 Å². The number of aromatic amines is 1. The quantitative estimate of drug-likeness (QED) is 0.459. The van der Waals surface area contributed by atoms with E-state index in [0.29, 0.717) is 5.78 Å². The second kappa shape index (κ2) is 2.51. The molecule has 0 atom stereocenters. The molecule has 4 rings (SSSR count). The van der Waals surface area contributed by atoms with Crippen molar-refractivity contribution in [3.8, 4) is 0 Å². The van der Waals surface area contributed by atoms with Crippen LogP contribution in [0.3, 0.4) is 0 Å². The van der Waals surface area contributed by atoms with Crippen molar-refractivity contribution < 1.29 is 0 Å². The zero-order valence-electron chi connectivity index (χ0n) is 7.99. The van der Waals surface area contributed by atoms with Crippen molar-refractivity contribution in [2.45, 2.75) is 0 Å². The number of aromatic nitrogens is 7. The summed E-state index contributed by atoms with van der Waals surface area (Å²) in [4.78, 5) is 3.23. The Labute approximate surface area is 88.1 Å². The first-order valence-electron chi connectivity index (χ1n) is 4.75. The van der Waals surface area contributed by atoms with Gasteiger partial charge >= 0.3 is 0 Å². The van der Waals surface area contributed by atoms with Crippen molar-refractivity contribution in [2.75, 3.05) is 0 Å². The number of nitrogens with zero attached hydrogens (tertiary/aromatic N) is 6. The zero-order valence-corrected chi connectivity index (χ0v) is 7.99. The van der Waals surface area contributed by atoms with Crippen LogP contribution in [-0.4, -0.2) is 35.2 Å². The Kier molecular flexibility index (Phi) is 1.21. The third-order valence-electron chi connectivity index (χ3n) is 2.56. The molecule has 0 aliphatic carbocycles. The smallest absolute Gasteiger partial charge is 0.294 e. The molecule has 0 fully saturated rings. The number of H-pyrrole nitrogens is 1. The number of para-hydroxylation sites is 1. The molecule has 7 nitrogen and oxygen atoms in total. The summed E-state index contributed by atoms with van der Waals surface area (Å²) in [7, 11) is 0. The van der Waals surface area contributed by atoms with Gasteiger partial charge in [0.2, 0.25) is 0 Å². The second-order valence-electron chi connectivity index (χ2n) is 3.46. The molecule has 0 amide bonds. The fraction of sp³-hybridized carbons (Fsp3) is 0. The molecule has 3 aromatic heterocycles. The molecule has 16 heavy (non-hydrogen) atoms. The maximum atomic E-state index is 4.13. The lowest BCUT2D eigenvalue weighted by atomic mass is 10.2. The number of rotatable bonds is 0. The van der Waals surface area contributed by atoms with Crippen molar-refractivity contribution in [1.29, 1.82) is 0 Å². The topological polar surface area (TPSA) is 84.6 Å². The first-order chi connectivity index (χ1) is 7.93. The monoisotopic (exact) mass is 211 g/mol. The second-order valence-corrected chi connectivity index (χ2v) is 3.46. The first-order valence-corrected chi connectivity index (χ1v) is 4.75. The molecule has 0 saturated heterocycles. The lowest BCUT2D eigenvalue weighted by Crippen LogP contribution is -1.95. The number of fused-ring (bicyclic) bond motifs is 5. The van der Waals surface area contributed by atoms with E-state index in [1.165, 1.54) is 0 Å². The van der Waals surface area contributed by atoms with E-state index in [1.54, 1.807) is 4.52 Å². The fourth-order valence-corrected chi connectivity index (χ4v) is 1.85. The highest BCUT2D eigenvalue weighted by molar-refractivity contribution is 6.03. The molecule has 7 heteroatoms. The van der Waals surface area contributed by atoms with Crippen LogP contribution in [-0.2, 0) is 0 Å². The van der Waals surface area contributed by atoms with Crippen LogP contribution >= 0.6 is 0 Å². The Bertz CT molecular complexity index is 812. The van der Waals surface area contributed by atoms with Gasteiger partial charge in [0, 0.05) is 10.9 Å². The third-order valence-corrected chi connectivity index (χ3v) is 2.56. The maximum Gasteiger partial charge on any atom is 0.294 e. The van der Waals surface area contributed by atoms with Crippen molar-refractivity contribution >= 4 is 27.8 Å². The molecule has 0 radical (unpaired) electrons. The highest BCUT2D eigenvalue weighted by Crippen LogP contribution is 2.21. The predicted molar refractivity (Wildman–Crippen MR) is 55.7 cm³/mol. The van der Waals surface area contributed by atoms with Crippen LogP contribution in [0.5, 0.6) is 0 Å². The summed E-state index contributed by atoms with van der Waals surface area (Å²) < 4.78 is 1.54. The highest BCUT2D eigenvalue weighted by atomic mass is 15.5. The predicted octanol–water partition coefficient (Wildman–Crippen LogP) is 0.549. The van der Waals surface area contributed by atoms with Gasteiger partial charge in [-0.15, -0.1) is 10.2 Å². The summed E-state index contributed by atoms with van der Waals surface area (Å²) in [5.41, 5.74) is 2.53. The molecule has 76 valence electrons. The molecule has 0 bridgehead atoms. The number of hydrogen-bond donors (Lipinski definition) is 1. The van der Waals surface area contributed by atoms with Crippen LogP contribution in [0.2, 0.25) is 0 Å². The van der Waals surface area contributed by atoms with Gasteiger partial charge in [-0.2, -0.15) is 4.52 Å². The van der Waals surface area contributed by atoms with Crippen LogP contribution in [0.25, 0.3) is 27.8 Å². The molecule has 1 aromatic carbocycles. The van der Waals surface area contributed by atoms with Crippen LogP contribution in [0.15, 0.2) is 24.3 Å². The Morgan fingerprint density at radius 1 is 1.06 bits per heavy atom. The van der Waals surface area contributed by atoms with Crippen LogP contribution in [0.1, 0.15) is 0 Å². The number of benzene rings is 1. The van der Waals surface area contributed by atoms with Gasteiger partial charge in [0.15, 0.2) is 5.65 Å². The van der Waals surface area contributed by atoms with E-state index in [1.807, 2.05) is 24.3 Å². The molecular weight excluding hydrogens is 206 g/mol. The molecule has 4 aromatic rings. The largest absolute Gasteiger partial charge is 0.338 e. The van der Waals surface area contributed by atoms with Gasteiger partial charge in [-0.05, 0) is 16.5 Å². The van der Waals surface area contributed by atoms with E-state index in [2.05, 4.69) is 30.7 Å². The Balaban J connectivity index is 2.38. The number of hydrogen-bond acceptors (Lipinski definition) is 5. The van der Waals surface area contributed by atoms with Gasteiger partial charge in [0.05, 0.1) is 0 Å². The summed E-state index contributed by atoms with van der Waals surface area (Å²) in [6.07, 6.45) is 0. The average Bonchev–Trinajstić information content (AvgIpc) is 2.92. The molecule has 0 aliphatic heterocycles. The van der Waals surface area contributed by atoms with Crippen molar-refractivity contribution in [3.05, 3.63) is 24.3 Å². The van der Waals surface area contributed by atoms with E-state index in [-0.39, 0.29) is 0 Å². The normalized spacial score (nSPS) is 11.8. The standard InChI is InChI=1S/C9H5N7/c1-2-4-6-5(3-1)7-8(10-6)16-9(12-11-7)13-14-15-16/h1-4,10H. The van der Waals surface area contributed by atoms with Gasteiger partial charge in [-0.1, -0.05) is 23.3 Å².